The number of hydrogen-bond donors (Lipinski definition) is 0. The van der Waals surface area contributed by atoms with E-state index in [2.05, 4.69) is 43.9 Å². The van der Waals surface area contributed by atoms with Crippen LogP contribution in [0.4, 0.5) is 0 Å². The van der Waals surface area contributed by atoms with Crippen LogP contribution in [0.15, 0.2) is 48.5 Å². The monoisotopic (exact) mass is 304 g/mol. The van der Waals surface area contributed by atoms with E-state index >= 15 is 0 Å². The Morgan fingerprint density at radius 1 is 0.900 bits per heavy atom. The normalized spacial score (nSPS) is 11.6. The van der Waals surface area contributed by atoms with Crippen LogP contribution in [0.5, 0.6) is 0 Å². The number of rotatable bonds is 5. The SMILES string of the molecule is C[Si](C)(C)c1ccc(COCc2cccc(Cl)c2)cc1. The molecule has 20 heavy (non-hydrogen) atoms. The van der Waals surface area contributed by atoms with Gasteiger partial charge in [0.05, 0.1) is 21.3 Å². The summed E-state index contributed by atoms with van der Waals surface area (Å²) in [6.07, 6.45) is 0. The topological polar surface area (TPSA) is 9.23 Å². The van der Waals surface area contributed by atoms with Crippen LogP contribution in [0.1, 0.15) is 11.1 Å². The summed E-state index contributed by atoms with van der Waals surface area (Å²) in [7, 11) is -1.20. The first kappa shape index (κ1) is 15.3. The maximum Gasteiger partial charge on any atom is 0.0775 e. The Morgan fingerprint density at radius 3 is 2.15 bits per heavy atom. The lowest BCUT2D eigenvalue weighted by molar-refractivity contribution is 0.107. The molecule has 106 valence electrons. The average Bonchev–Trinajstić information content (AvgIpc) is 2.38. The molecule has 0 saturated heterocycles. The van der Waals surface area contributed by atoms with Gasteiger partial charge in [0, 0.05) is 5.02 Å². The largest absolute Gasteiger partial charge is 0.372 e. The lowest BCUT2D eigenvalue weighted by Crippen LogP contribution is -2.37. The standard InChI is InChI=1S/C17H21ClOSi/c1-20(2,3)17-9-7-14(8-10-17)12-19-13-15-5-4-6-16(18)11-15/h4-11H,12-13H2,1-3H3. The Labute approximate surface area is 127 Å². The molecule has 2 aromatic rings. The van der Waals surface area contributed by atoms with Gasteiger partial charge in [-0.1, -0.05) is 72.8 Å². The molecule has 0 unspecified atom stereocenters. The highest BCUT2D eigenvalue weighted by molar-refractivity contribution is 6.88. The third-order valence-electron chi connectivity index (χ3n) is 3.25. The molecule has 0 aromatic heterocycles. The molecule has 0 fully saturated rings. The van der Waals surface area contributed by atoms with Crippen LogP contribution < -0.4 is 5.19 Å². The average molecular weight is 305 g/mol. The molecule has 0 atom stereocenters. The molecule has 0 aliphatic rings. The third kappa shape index (κ3) is 4.48. The summed E-state index contributed by atoms with van der Waals surface area (Å²) in [6.45, 7) is 8.31. The predicted molar refractivity (Wildman–Crippen MR) is 89.4 cm³/mol. The van der Waals surface area contributed by atoms with E-state index in [1.54, 1.807) is 0 Å². The van der Waals surface area contributed by atoms with E-state index in [4.69, 9.17) is 16.3 Å². The summed E-state index contributed by atoms with van der Waals surface area (Å²) in [6, 6.07) is 16.6. The minimum absolute atomic E-state index is 0.594. The van der Waals surface area contributed by atoms with Gasteiger partial charge in [0.2, 0.25) is 0 Å². The molecule has 0 spiro atoms. The van der Waals surface area contributed by atoms with E-state index in [0.29, 0.717) is 13.2 Å². The van der Waals surface area contributed by atoms with Crippen molar-refractivity contribution in [3.05, 3.63) is 64.7 Å². The fraction of sp³-hybridized carbons (Fsp3) is 0.294. The molecule has 0 heterocycles. The highest BCUT2D eigenvalue weighted by Crippen LogP contribution is 2.12. The van der Waals surface area contributed by atoms with Crippen LogP contribution in [0, 0.1) is 0 Å². The molecular formula is C17H21ClOSi. The van der Waals surface area contributed by atoms with Crippen molar-refractivity contribution in [2.45, 2.75) is 32.9 Å². The van der Waals surface area contributed by atoms with Crippen molar-refractivity contribution in [3.8, 4) is 0 Å². The van der Waals surface area contributed by atoms with Gasteiger partial charge in [0.25, 0.3) is 0 Å². The van der Waals surface area contributed by atoms with E-state index in [0.717, 1.165) is 10.6 Å². The van der Waals surface area contributed by atoms with Gasteiger partial charge in [0.1, 0.15) is 0 Å². The van der Waals surface area contributed by atoms with E-state index in [1.807, 2.05) is 24.3 Å². The number of ether oxygens (including phenoxy) is 1. The van der Waals surface area contributed by atoms with Crippen LogP contribution in [-0.2, 0) is 18.0 Å². The number of halogens is 1. The van der Waals surface area contributed by atoms with Crippen LogP contribution in [-0.4, -0.2) is 8.07 Å². The zero-order valence-electron chi connectivity index (χ0n) is 12.3. The van der Waals surface area contributed by atoms with Gasteiger partial charge in [0.15, 0.2) is 0 Å². The molecule has 0 aliphatic carbocycles. The first-order chi connectivity index (χ1) is 9.45. The van der Waals surface area contributed by atoms with Crippen molar-refractivity contribution in [3.63, 3.8) is 0 Å². The minimum atomic E-state index is -1.20. The summed E-state index contributed by atoms with van der Waals surface area (Å²) in [4.78, 5) is 0. The molecule has 3 heteroatoms. The van der Waals surface area contributed by atoms with E-state index in [1.165, 1.54) is 10.8 Å². The maximum absolute atomic E-state index is 5.95. The van der Waals surface area contributed by atoms with Crippen molar-refractivity contribution >= 4 is 24.9 Å². The zero-order valence-corrected chi connectivity index (χ0v) is 14.1. The summed E-state index contributed by atoms with van der Waals surface area (Å²) in [5.41, 5.74) is 2.32. The second-order valence-electron chi connectivity index (χ2n) is 6.07. The second-order valence-corrected chi connectivity index (χ2v) is 11.6. The van der Waals surface area contributed by atoms with Crippen molar-refractivity contribution in [1.29, 1.82) is 0 Å². The molecule has 1 nitrogen and oxygen atoms in total. The van der Waals surface area contributed by atoms with Gasteiger partial charge in [-0.3, -0.25) is 0 Å². The predicted octanol–water partition coefficient (Wildman–Crippen LogP) is 4.60. The molecule has 0 saturated carbocycles. The maximum atomic E-state index is 5.95. The molecule has 0 radical (unpaired) electrons. The van der Waals surface area contributed by atoms with Crippen molar-refractivity contribution < 1.29 is 4.74 Å². The molecule has 2 aromatic carbocycles. The fourth-order valence-electron chi connectivity index (χ4n) is 2.01. The van der Waals surface area contributed by atoms with Gasteiger partial charge in [-0.25, -0.2) is 0 Å². The van der Waals surface area contributed by atoms with Gasteiger partial charge >= 0.3 is 0 Å². The van der Waals surface area contributed by atoms with Crippen molar-refractivity contribution in [2.75, 3.05) is 0 Å². The molecule has 2 rings (SSSR count). The summed E-state index contributed by atoms with van der Waals surface area (Å²) >= 11 is 5.95. The second kappa shape index (κ2) is 6.57. The van der Waals surface area contributed by atoms with Crippen molar-refractivity contribution in [2.24, 2.45) is 0 Å². The number of benzene rings is 2. The summed E-state index contributed by atoms with van der Waals surface area (Å²) in [5.74, 6) is 0. The minimum Gasteiger partial charge on any atom is -0.372 e. The first-order valence-electron chi connectivity index (χ1n) is 6.87. The fourth-order valence-corrected chi connectivity index (χ4v) is 3.39. The van der Waals surface area contributed by atoms with Crippen LogP contribution in [0.3, 0.4) is 0 Å². The quantitative estimate of drug-likeness (QED) is 0.733. The Bertz CT molecular complexity index is 558. The van der Waals surface area contributed by atoms with Crippen LogP contribution in [0.2, 0.25) is 24.7 Å². The smallest absolute Gasteiger partial charge is 0.0775 e. The van der Waals surface area contributed by atoms with E-state index in [-0.39, 0.29) is 0 Å². The summed E-state index contributed by atoms with van der Waals surface area (Å²) in [5, 5.41) is 2.24. The van der Waals surface area contributed by atoms with Crippen LogP contribution in [0.25, 0.3) is 0 Å². The summed E-state index contributed by atoms with van der Waals surface area (Å²) < 4.78 is 5.74. The van der Waals surface area contributed by atoms with Gasteiger partial charge in [-0.15, -0.1) is 0 Å². The molecule has 0 bridgehead atoms. The first-order valence-corrected chi connectivity index (χ1v) is 10.7. The zero-order chi connectivity index (χ0) is 14.6. The Hall–Kier alpha value is -1.09. The molecular weight excluding hydrogens is 284 g/mol. The Kier molecular flexibility index (Phi) is 5.03. The molecule has 0 amide bonds. The van der Waals surface area contributed by atoms with Gasteiger partial charge in [-0.05, 0) is 23.3 Å². The van der Waals surface area contributed by atoms with Crippen molar-refractivity contribution in [1.82, 2.24) is 0 Å². The highest BCUT2D eigenvalue weighted by atomic mass is 35.5. The molecule has 0 N–H and O–H groups in total. The van der Waals surface area contributed by atoms with Gasteiger partial charge in [-0.2, -0.15) is 0 Å². The lowest BCUT2D eigenvalue weighted by atomic mass is 10.2. The lowest BCUT2D eigenvalue weighted by Gasteiger charge is -2.16. The third-order valence-corrected chi connectivity index (χ3v) is 5.55. The van der Waals surface area contributed by atoms with Gasteiger partial charge < -0.3 is 4.74 Å². The van der Waals surface area contributed by atoms with E-state index in [9.17, 15) is 0 Å². The number of hydrogen-bond acceptors (Lipinski definition) is 1. The Morgan fingerprint density at radius 2 is 1.55 bits per heavy atom. The highest BCUT2D eigenvalue weighted by Gasteiger charge is 2.15. The molecule has 0 aliphatic heterocycles. The Balaban J connectivity index is 1.88. The van der Waals surface area contributed by atoms with E-state index < -0.39 is 8.07 Å². The van der Waals surface area contributed by atoms with Crippen LogP contribution >= 0.6 is 11.6 Å².